The van der Waals surface area contributed by atoms with Gasteiger partial charge in [0.25, 0.3) is 0 Å². The third-order valence-corrected chi connectivity index (χ3v) is 3.28. The summed E-state index contributed by atoms with van der Waals surface area (Å²) in [4.78, 5) is 11.6. The molecule has 1 aromatic rings. The van der Waals surface area contributed by atoms with Gasteiger partial charge in [-0.15, -0.1) is 10.2 Å². The van der Waals surface area contributed by atoms with Gasteiger partial charge in [0.05, 0.1) is 0 Å². The number of carbonyl (C=O) groups excluding carboxylic acids is 1. The molecule has 1 aromatic heterocycles. The number of aryl methyl sites for hydroxylation is 1. The van der Waals surface area contributed by atoms with Crippen molar-refractivity contribution >= 4 is 17.7 Å². The minimum atomic E-state index is -0.384. The smallest absolute Gasteiger partial charge is 0.248 e. The SMILES string of the molecule is CCCO[C@@H](C)C(=O)NCCSc1nncn1C. The van der Waals surface area contributed by atoms with Crippen LogP contribution in [0.3, 0.4) is 0 Å². The number of carbonyl (C=O) groups is 1. The highest BCUT2D eigenvalue weighted by Gasteiger charge is 2.11. The predicted molar refractivity (Wildman–Crippen MR) is 70.4 cm³/mol. The molecule has 0 saturated heterocycles. The standard InChI is InChI=1S/C11H20N4O2S/c1-4-6-17-9(2)10(16)12-5-7-18-11-14-13-8-15(11)3/h8-9H,4-7H2,1-3H3,(H,12,16)/t9-/m0/s1. The second kappa shape index (κ2) is 8.10. The van der Waals surface area contributed by atoms with E-state index < -0.39 is 0 Å². The lowest BCUT2D eigenvalue weighted by Gasteiger charge is -2.12. The Kier molecular flexibility index (Phi) is 6.74. The Bertz CT molecular complexity index is 370. The molecule has 7 heteroatoms. The largest absolute Gasteiger partial charge is 0.369 e. The van der Waals surface area contributed by atoms with Crippen LogP contribution >= 0.6 is 11.8 Å². The van der Waals surface area contributed by atoms with E-state index in [2.05, 4.69) is 15.5 Å². The zero-order valence-electron chi connectivity index (χ0n) is 11.0. The lowest BCUT2D eigenvalue weighted by Crippen LogP contribution is -2.35. The van der Waals surface area contributed by atoms with Crippen LogP contribution in [0.1, 0.15) is 20.3 Å². The third-order valence-electron chi connectivity index (χ3n) is 2.24. The molecule has 6 nitrogen and oxygen atoms in total. The van der Waals surface area contributed by atoms with Gasteiger partial charge >= 0.3 is 0 Å². The van der Waals surface area contributed by atoms with E-state index in [-0.39, 0.29) is 12.0 Å². The number of nitrogens with one attached hydrogen (secondary N) is 1. The highest BCUT2D eigenvalue weighted by Crippen LogP contribution is 2.11. The summed E-state index contributed by atoms with van der Waals surface area (Å²) in [6.45, 7) is 4.99. The third kappa shape index (κ3) is 5.05. The van der Waals surface area contributed by atoms with Crippen molar-refractivity contribution in [3.8, 4) is 0 Å². The molecule has 1 N–H and O–H groups in total. The molecular formula is C11H20N4O2S. The Morgan fingerprint density at radius 3 is 3.06 bits per heavy atom. The van der Waals surface area contributed by atoms with Crippen molar-refractivity contribution in [3.63, 3.8) is 0 Å². The van der Waals surface area contributed by atoms with Crippen LogP contribution in [0, 0.1) is 0 Å². The van der Waals surface area contributed by atoms with Crippen molar-refractivity contribution in [2.24, 2.45) is 7.05 Å². The van der Waals surface area contributed by atoms with Crippen molar-refractivity contribution in [3.05, 3.63) is 6.33 Å². The molecule has 1 amide bonds. The van der Waals surface area contributed by atoms with Crippen LogP contribution in [0.15, 0.2) is 11.5 Å². The zero-order valence-corrected chi connectivity index (χ0v) is 11.9. The predicted octanol–water partition coefficient (Wildman–Crippen LogP) is 0.838. The number of amides is 1. The Hall–Kier alpha value is -1.08. The van der Waals surface area contributed by atoms with Crippen LogP contribution in [0.25, 0.3) is 0 Å². The van der Waals surface area contributed by atoms with Crippen molar-refractivity contribution in [2.45, 2.75) is 31.5 Å². The molecule has 0 spiro atoms. The minimum Gasteiger partial charge on any atom is -0.369 e. The van der Waals surface area contributed by atoms with Crippen molar-refractivity contribution < 1.29 is 9.53 Å². The molecule has 0 unspecified atom stereocenters. The summed E-state index contributed by atoms with van der Waals surface area (Å²) >= 11 is 1.56. The van der Waals surface area contributed by atoms with Crippen LogP contribution in [0.2, 0.25) is 0 Å². The Morgan fingerprint density at radius 1 is 1.67 bits per heavy atom. The minimum absolute atomic E-state index is 0.0676. The van der Waals surface area contributed by atoms with E-state index in [9.17, 15) is 4.79 Å². The van der Waals surface area contributed by atoms with Gasteiger partial charge in [0.1, 0.15) is 12.4 Å². The molecule has 0 aromatic carbocycles. The van der Waals surface area contributed by atoms with E-state index in [4.69, 9.17) is 4.74 Å². The fourth-order valence-electron chi connectivity index (χ4n) is 1.23. The van der Waals surface area contributed by atoms with Gasteiger partial charge in [0.2, 0.25) is 5.91 Å². The van der Waals surface area contributed by atoms with Crippen LogP contribution in [-0.4, -0.2) is 45.7 Å². The van der Waals surface area contributed by atoms with Gasteiger partial charge in [-0.05, 0) is 13.3 Å². The maximum atomic E-state index is 11.6. The van der Waals surface area contributed by atoms with Crippen LogP contribution < -0.4 is 5.32 Å². The molecule has 0 saturated carbocycles. The van der Waals surface area contributed by atoms with E-state index in [1.54, 1.807) is 25.0 Å². The summed E-state index contributed by atoms with van der Waals surface area (Å²) in [5.74, 6) is 0.695. The van der Waals surface area contributed by atoms with Gasteiger partial charge in [-0.1, -0.05) is 18.7 Å². The normalized spacial score (nSPS) is 12.4. The number of thioether (sulfide) groups is 1. The van der Waals surface area contributed by atoms with Gasteiger partial charge in [0, 0.05) is 26.0 Å². The molecule has 0 aliphatic carbocycles. The number of rotatable bonds is 8. The van der Waals surface area contributed by atoms with E-state index in [0.717, 1.165) is 17.3 Å². The van der Waals surface area contributed by atoms with E-state index in [1.807, 2.05) is 18.5 Å². The van der Waals surface area contributed by atoms with Crippen molar-refractivity contribution in [1.82, 2.24) is 20.1 Å². The molecule has 0 radical (unpaired) electrons. The van der Waals surface area contributed by atoms with Crippen LogP contribution in [0.5, 0.6) is 0 Å². The summed E-state index contributed by atoms with van der Waals surface area (Å²) in [5, 5.41) is 11.4. The van der Waals surface area contributed by atoms with Crippen molar-refractivity contribution in [2.75, 3.05) is 18.9 Å². The molecule has 0 aliphatic rings. The summed E-state index contributed by atoms with van der Waals surface area (Å²) in [5.41, 5.74) is 0. The fourth-order valence-corrected chi connectivity index (χ4v) is 1.98. The average molecular weight is 272 g/mol. The van der Waals surface area contributed by atoms with Gasteiger partial charge < -0.3 is 14.6 Å². The van der Waals surface area contributed by atoms with E-state index in [0.29, 0.717) is 13.2 Å². The second-order valence-electron chi connectivity index (χ2n) is 3.88. The monoisotopic (exact) mass is 272 g/mol. The lowest BCUT2D eigenvalue weighted by molar-refractivity contribution is -0.131. The summed E-state index contributed by atoms with van der Waals surface area (Å²) in [6.07, 6.45) is 2.19. The lowest BCUT2D eigenvalue weighted by atomic mass is 10.3. The van der Waals surface area contributed by atoms with Gasteiger partial charge in [0.15, 0.2) is 5.16 Å². The maximum Gasteiger partial charge on any atom is 0.248 e. The zero-order chi connectivity index (χ0) is 13.4. The fraction of sp³-hybridized carbons (Fsp3) is 0.727. The molecule has 18 heavy (non-hydrogen) atoms. The summed E-state index contributed by atoms with van der Waals surface area (Å²) in [7, 11) is 1.89. The number of nitrogens with zero attached hydrogens (tertiary/aromatic N) is 3. The summed E-state index contributed by atoms with van der Waals surface area (Å²) in [6, 6.07) is 0. The quantitative estimate of drug-likeness (QED) is 0.561. The Morgan fingerprint density at radius 2 is 2.44 bits per heavy atom. The van der Waals surface area contributed by atoms with Gasteiger partial charge in [-0.2, -0.15) is 0 Å². The van der Waals surface area contributed by atoms with Gasteiger partial charge in [-0.3, -0.25) is 4.79 Å². The average Bonchev–Trinajstić information content (AvgIpc) is 2.77. The Labute approximate surface area is 111 Å². The first kappa shape index (κ1) is 15.0. The van der Waals surface area contributed by atoms with Crippen LogP contribution in [-0.2, 0) is 16.6 Å². The molecular weight excluding hydrogens is 252 g/mol. The highest BCUT2D eigenvalue weighted by atomic mass is 32.2. The Balaban J connectivity index is 2.14. The number of hydrogen-bond acceptors (Lipinski definition) is 5. The first-order chi connectivity index (χ1) is 8.65. The maximum absolute atomic E-state index is 11.6. The van der Waals surface area contributed by atoms with E-state index in [1.165, 1.54) is 0 Å². The first-order valence-corrected chi connectivity index (χ1v) is 6.99. The molecule has 0 aliphatic heterocycles. The first-order valence-electron chi connectivity index (χ1n) is 6.01. The van der Waals surface area contributed by atoms with Crippen molar-refractivity contribution in [1.29, 1.82) is 0 Å². The molecule has 1 rings (SSSR count). The number of aromatic nitrogens is 3. The summed E-state index contributed by atoms with van der Waals surface area (Å²) < 4.78 is 7.18. The molecule has 1 atom stereocenters. The second-order valence-corrected chi connectivity index (χ2v) is 4.94. The molecule has 0 fully saturated rings. The molecule has 1 heterocycles. The van der Waals surface area contributed by atoms with Gasteiger partial charge in [-0.25, -0.2) is 0 Å². The van der Waals surface area contributed by atoms with Crippen LogP contribution in [0.4, 0.5) is 0 Å². The highest BCUT2D eigenvalue weighted by molar-refractivity contribution is 7.99. The van der Waals surface area contributed by atoms with E-state index >= 15 is 0 Å². The number of ether oxygens (including phenoxy) is 1. The number of hydrogen-bond donors (Lipinski definition) is 1. The molecule has 102 valence electrons. The molecule has 0 bridgehead atoms. The topological polar surface area (TPSA) is 69.0 Å².